The van der Waals surface area contributed by atoms with E-state index in [1.165, 1.54) is 24.3 Å². The van der Waals surface area contributed by atoms with Gasteiger partial charge in [-0.05, 0) is 43.3 Å². The molecule has 0 unspecified atom stereocenters. The van der Waals surface area contributed by atoms with Crippen molar-refractivity contribution in [2.24, 2.45) is 0 Å². The second-order valence-electron chi connectivity index (χ2n) is 5.18. The number of rotatable bonds is 4. The maximum absolute atomic E-state index is 13.0. The Balaban J connectivity index is 1.74. The van der Waals surface area contributed by atoms with Crippen molar-refractivity contribution in [1.29, 1.82) is 0 Å². The van der Waals surface area contributed by atoms with Crippen molar-refractivity contribution in [3.63, 3.8) is 0 Å². The third kappa shape index (κ3) is 3.12. The van der Waals surface area contributed by atoms with Crippen molar-refractivity contribution in [1.82, 2.24) is 5.16 Å². The zero-order valence-corrected chi connectivity index (χ0v) is 12.8. The standard InChI is InChI=1S/C18H14FNO4/c1-11-15(10-23-18(22)14-4-2-3-5-16(14)21)20-24-17(11)12-6-8-13(19)9-7-12/h2-9,21H,10H2,1H3. The van der Waals surface area contributed by atoms with Crippen molar-refractivity contribution in [2.45, 2.75) is 13.5 Å². The zero-order valence-electron chi connectivity index (χ0n) is 12.8. The van der Waals surface area contributed by atoms with E-state index in [4.69, 9.17) is 9.26 Å². The molecule has 3 rings (SSSR count). The van der Waals surface area contributed by atoms with E-state index in [9.17, 15) is 14.3 Å². The van der Waals surface area contributed by atoms with Gasteiger partial charge in [-0.3, -0.25) is 0 Å². The van der Waals surface area contributed by atoms with E-state index < -0.39 is 5.97 Å². The normalized spacial score (nSPS) is 10.6. The third-order valence-electron chi connectivity index (χ3n) is 3.59. The summed E-state index contributed by atoms with van der Waals surface area (Å²) in [5.41, 5.74) is 1.92. The number of aromatic nitrogens is 1. The van der Waals surface area contributed by atoms with Gasteiger partial charge in [0.15, 0.2) is 5.76 Å². The van der Waals surface area contributed by atoms with Crippen molar-refractivity contribution in [3.05, 3.63) is 71.2 Å². The summed E-state index contributed by atoms with van der Waals surface area (Å²) in [4.78, 5) is 12.0. The van der Waals surface area contributed by atoms with Crippen LogP contribution in [-0.4, -0.2) is 16.2 Å². The number of halogens is 1. The Labute approximate surface area is 137 Å². The van der Waals surface area contributed by atoms with E-state index in [0.717, 1.165) is 0 Å². The SMILES string of the molecule is Cc1c(COC(=O)c2ccccc2O)noc1-c1ccc(F)cc1. The highest BCUT2D eigenvalue weighted by atomic mass is 19.1. The molecule has 5 nitrogen and oxygen atoms in total. The fourth-order valence-corrected chi connectivity index (χ4v) is 2.23. The molecule has 1 N–H and O–H groups in total. The first-order valence-electron chi connectivity index (χ1n) is 7.22. The Morgan fingerprint density at radius 1 is 1.21 bits per heavy atom. The highest BCUT2D eigenvalue weighted by Gasteiger charge is 2.17. The summed E-state index contributed by atoms with van der Waals surface area (Å²) in [7, 11) is 0. The maximum Gasteiger partial charge on any atom is 0.342 e. The van der Waals surface area contributed by atoms with E-state index in [-0.39, 0.29) is 23.7 Å². The van der Waals surface area contributed by atoms with Crippen molar-refractivity contribution >= 4 is 5.97 Å². The third-order valence-corrected chi connectivity index (χ3v) is 3.59. The van der Waals surface area contributed by atoms with Gasteiger partial charge in [0.25, 0.3) is 0 Å². The number of para-hydroxylation sites is 1. The van der Waals surface area contributed by atoms with Crippen LogP contribution in [0.5, 0.6) is 5.75 Å². The lowest BCUT2D eigenvalue weighted by molar-refractivity contribution is 0.0460. The average molecular weight is 327 g/mol. The Hall–Kier alpha value is -3.15. The number of esters is 1. The number of carbonyl (C=O) groups is 1. The smallest absolute Gasteiger partial charge is 0.342 e. The molecule has 3 aromatic rings. The molecule has 0 atom stereocenters. The van der Waals surface area contributed by atoms with Crippen LogP contribution >= 0.6 is 0 Å². The maximum atomic E-state index is 13.0. The molecule has 0 fully saturated rings. The van der Waals surface area contributed by atoms with E-state index in [1.807, 2.05) is 0 Å². The molecule has 6 heteroatoms. The zero-order chi connectivity index (χ0) is 17.1. The van der Waals surface area contributed by atoms with Crippen LogP contribution in [0.25, 0.3) is 11.3 Å². The molecule has 0 radical (unpaired) electrons. The molecule has 122 valence electrons. The molecule has 0 saturated heterocycles. The van der Waals surface area contributed by atoms with E-state index in [2.05, 4.69) is 5.16 Å². The van der Waals surface area contributed by atoms with Gasteiger partial charge in [0.1, 0.15) is 29.4 Å². The minimum absolute atomic E-state index is 0.0809. The summed E-state index contributed by atoms with van der Waals surface area (Å²) in [5.74, 6) is -0.651. The molecule has 0 aliphatic carbocycles. The minimum atomic E-state index is -0.654. The number of nitrogens with zero attached hydrogens (tertiary/aromatic N) is 1. The van der Waals surface area contributed by atoms with Gasteiger partial charge < -0.3 is 14.4 Å². The van der Waals surface area contributed by atoms with Gasteiger partial charge in [0, 0.05) is 11.1 Å². The second kappa shape index (κ2) is 6.54. The molecule has 0 amide bonds. The first kappa shape index (κ1) is 15.7. The lowest BCUT2D eigenvalue weighted by atomic mass is 10.1. The van der Waals surface area contributed by atoms with Gasteiger partial charge in [-0.2, -0.15) is 0 Å². The number of phenolic OH excluding ortho intramolecular Hbond substituents is 1. The fourth-order valence-electron chi connectivity index (χ4n) is 2.23. The van der Waals surface area contributed by atoms with Crippen LogP contribution in [0.15, 0.2) is 53.1 Å². The Bertz CT molecular complexity index is 871. The van der Waals surface area contributed by atoms with E-state index in [0.29, 0.717) is 22.6 Å². The predicted octanol–water partition coefficient (Wildman–Crippen LogP) is 3.85. The van der Waals surface area contributed by atoms with Crippen molar-refractivity contribution in [3.8, 4) is 17.1 Å². The second-order valence-corrected chi connectivity index (χ2v) is 5.18. The number of ether oxygens (including phenoxy) is 1. The largest absolute Gasteiger partial charge is 0.507 e. The summed E-state index contributed by atoms with van der Waals surface area (Å²) >= 11 is 0. The summed E-state index contributed by atoms with van der Waals surface area (Å²) in [5, 5.41) is 13.5. The van der Waals surface area contributed by atoms with Crippen LogP contribution < -0.4 is 0 Å². The average Bonchev–Trinajstić information content (AvgIpc) is 2.95. The van der Waals surface area contributed by atoms with Crippen LogP contribution in [0.1, 0.15) is 21.6 Å². The van der Waals surface area contributed by atoms with E-state index in [1.54, 1.807) is 31.2 Å². The molecule has 24 heavy (non-hydrogen) atoms. The van der Waals surface area contributed by atoms with Gasteiger partial charge in [0.2, 0.25) is 0 Å². The summed E-state index contributed by atoms with van der Waals surface area (Å²) in [6, 6.07) is 11.9. The Morgan fingerprint density at radius 3 is 2.62 bits per heavy atom. The number of benzene rings is 2. The number of aromatic hydroxyl groups is 1. The molecule has 1 heterocycles. The van der Waals surface area contributed by atoms with Gasteiger partial charge >= 0.3 is 5.97 Å². The van der Waals surface area contributed by atoms with Crippen LogP contribution in [0.3, 0.4) is 0 Å². The quantitative estimate of drug-likeness (QED) is 0.737. The number of hydrogen-bond donors (Lipinski definition) is 1. The first-order valence-corrected chi connectivity index (χ1v) is 7.22. The van der Waals surface area contributed by atoms with Crippen LogP contribution in [0, 0.1) is 12.7 Å². The molecule has 0 saturated carbocycles. The summed E-state index contributed by atoms with van der Waals surface area (Å²) in [6.07, 6.45) is 0. The highest BCUT2D eigenvalue weighted by molar-refractivity contribution is 5.92. The number of hydrogen-bond acceptors (Lipinski definition) is 5. The molecule has 1 aromatic heterocycles. The Kier molecular flexibility index (Phi) is 4.29. The highest BCUT2D eigenvalue weighted by Crippen LogP contribution is 2.26. The topological polar surface area (TPSA) is 72.6 Å². The van der Waals surface area contributed by atoms with Crippen molar-refractivity contribution < 1.29 is 23.6 Å². The molecule has 0 aliphatic rings. The van der Waals surface area contributed by atoms with Gasteiger partial charge in [-0.1, -0.05) is 17.3 Å². The van der Waals surface area contributed by atoms with Gasteiger partial charge in [-0.15, -0.1) is 0 Å². The molecule has 2 aromatic carbocycles. The first-order chi connectivity index (χ1) is 11.6. The van der Waals surface area contributed by atoms with Crippen LogP contribution in [-0.2, 0) is 11.3 Å². The molecule has 0 spiro atoms. The van der Waals surface area contributed by atoms with Gasteiger partial charge in [0.05, 0.1) is 0 Å². The number of phenols is 1. The van der Waals surface area contributed by atoms with E-state index >= 15 is 0 Å². The molecular weight excluding hydrogens is 313 g/mol. The molecule has 0 aliphatic heterocycles. The lowest BCUT2D eigenvalue weighted by Crippen LogP contribution is -2.06. The van der Waals surface area contributed by atoms with Gasteiger partial charge in [-0.25, -0.2) is 9.18 Å². The summed E-state index contributed by atoms with van der Waals surface area (Å²) < 4.78 is 23.4. The summed E-state index contributed by atoms with van der Waals surface area (Å²) in [6.45, 7) is 1.68. The van der Waals surface area contributed by atoms with Crippen LogP contribution in [0.2, 0.25) is 0 Å². The van der Waals surface area contributed by atoms with Crippen LogP contribution in [0.4, 0.5) is 4.39 Å². The lowest BCUT2D eigenvalue weighted by Gasteiger charge is -2.05. The minimum Gasteiger partial charge on any atom is -0.507 e. The predicted molar refractivity (Wildman–Crippen MR) is 83.9 cm³/mol. The van der Waals surface area contributed by atoms with Crippen molar-refractivity contribution in [2.75, 3.05) is 0 Å². The molecular formula is C18H14FNO4. The number of carbonyl (C=O) groups excluding carboxylic acids is 1. The fraction of sp³-hybridized carbons (Fsp3) is 0.111. The monoisotopic (exact) mass is 327 g/mol. The Morgan fingerprint density at radius 2 is 1.92 bits per heavy atom. The molecule has 0 bridgehead atoms.